The Bertz CT molecular complexity index is 1940. The van der Waals surface area contributed by atoms with Gasteiger partial charge in [-0.1, -0.05) is 194 Å². The maximum absolute atomic E-state index is 13.0. The zero-order valence-corrected chi connectivity index (χ0v) is 31.1. The van der Waals surface area contributed by atoms with Gasteiger partial charge in [0.1, 0.15) is 5.75 Å². The molecule has 0 amide bonds. The molecule has 0 bridgehead atoms. The first-order valence-corrected chi connectivity index (χ1v) is 17.2. The van der Waals surface area contributed by atoms with E-state index in [2.05, 4.69) is 41.7 Å². The molecule has 0 spiro atoms. The van der Waals surface area contributed by atoms with E-state index in [-0.39, 0.29) is 36.0 Å². The Morgan fingerprint density at radius 2 is 0.788 bits per heavy atom. The molecular formula is C47H38NNaO3. The smallest absolute Gasteiger partial charge is 0.548 e. The summed E-state index contributed by atoms with van der Waals surface area (Å²) < 4.78 is 7.08. The predicted molar refractivity (Wildman–Crippen MR) is 201 cm³/mol. The van der Waals surface area contributed by atoms with Crippen molar-refractivity contribution in [2.45, 2.75) is 23.6 Å². The molecule has 0 saturated heterocycles. The van der Waals surface area contributed by atoms with Gasteiger partial charge in [0, 0.05) is 16.7 Å². The quantitative estimate of drug-likeness (QED) is 0.132. The number of benzene rings is 7. The van der Waals surface area contributed by atoms with Crippen LogP contribution in [0, 0.1) is 0 Å². The minimum absolute atomic E-state index is 0. The second kappa shape index (κ2) is 16.9. The molecule has 7 rings (SSSR count). The van der Waals surface area contributed by atoms with Gasteiger partial charge in [-0.25, -0.2) is 0 Å². The standard InChI is InChI=1S/C47H39NO3.Na/c49-45(50)44(48-46(37-19-7-1-8-20-37,38-21-9-2-10-22-38)39-23-11-3-12-24-39)35-36-31-33-43(34-32-36)51-47(40-25-13-4-14-26-40,41-27-15-5-16-28-41)42-29-17-6-18-30-42;/h1-34,44,48H,35H2,(H,49,50);/q;+1/p-1/t44-;/m0./s1. The van der Waals surface area contributed by atoms with E-state index in [4.69, 9.17) is 4.74 Å². The molecule has 0 aliphatic heterocycles. The molecule has 7 aromatic rings. The molecule has 250 valence electrons. The molecule has 0 aliphatic carbocycles. The van der Waals surface area contributed by atoms with Gasteiger partial charge in [0.15, 0.2) is 5.60 Å². The minimum Gasteiger partial charge on any atom is -0.548 e. The van der Waals surface area contributed by atoms with Crippen LogP contribution in [0.15, 0.2) is 206 Å². The summed E-state index contributed by atoms with van der Waals surface area (Å²) in [7, 11) is 0. The number of ether oxygens (including phenoxy) is 1. The van der Waals surface area contributed by atoms with Crippen molar-refractivity contribution in [3.8, 4) is 5.75 Å². The molecule has 0 fully saturated rings. The van der Waals surface area contributed by atoms with Gasteiger partial charge in [-0.3, -0.25) is 5.32 Å². The van der Waals surface area contributed by atoms with Crippen LogP contribution in [0.3, 0.4) is 0 Å². The first-order valence-electron chi connectivity index (χ1n) is 17.2. The second-order valence-electron chi connectivity index (χ2n) is 12.6. The summed E-state index contributed by atoms with van der Waals surface area (Å²) >= 11 is 0. The summed E-state index contributed by atoms with van der Waals surface area (Å²) in [5.74, 6) is -0.529. The predicted octanol–water partition coefficient (Wildman–Crippen LogP) is 5.30. The average molecular weight is 688 g/mol. The van der Waals surface area contributed by atoms with Crippen LogP contribution in [0.25, 0.3) is 0 Å². The first-order chi connectivity index (χ1) is 25.1. The molecule has 7 aromatic carbocycles. The average Bonchev–Trinajstić information content (AvgIpc) is 3.21. The van der Waals surface area contributed by atoms with Crippen LogP contribution >= 0.6 is 0 Å². The summed E-state index contributed by atoms with van der Waals surface area (Å²) in [5, 5.41) is 16.6. The number of carbonyl (C=O) groups excluding carboxylic acids is 1. The van der Waals surface area contributed by atoms with Crippen molar-refractivity contribution in [3.05, 3.63) is 245 Å². The third-order valence-electron chi connectivity index (χ3n) is 9.47. The molecule has 0 radical (unpaired) electrons. The third kappa shape index (κ3) is 7.52. The van der Waals surface area contributed by atoms with Crippen molar-refractivity contribution in [2.75, 3.05) is 0 Å². The Labute approximate surface area is 328 Å². The van der Waals surface area contributed by atoms with Crippen molar-refractivity contribution >= 4 is 5.97 Å². The molecule has 0 aromatic heterocycles. The van der Waals surface area contributed by atoms with E-state index >= 15 is 0 Å². The van der Waals surface area contributed by atoms with Crippen LogP contribution in [-0.4, -0.2) is 12.0 Å². The fraction of sp³-hybridized carbons (Fsp3) is 0.0851. The fourth-order valence-electron chi connectivity index (χ4n) is 7.07. The minimum atomic E-state index is -1.18. The first kappa shape index (κ1) is 36.6. The number of rotatable bonds is 13. The van der Waals surface area contributed by atoms with Crippen molar-refractivity contribution in [1.82, 2.24) is 5.32 Å². The molecule has 5 heteroatoms. The molecular weight excluding hydrogens is 650 g/mol. The van der Waals surface area contributed by atoms with E-state index < -0.39 is 23.2 Å². The van der Waals surface area contributed by atoms with Crippen molar-refractivity contribution < 1.29 is 44.2 Å². The Balaban J connectivity index is 0.00000464. The summed E-state index contributed by atoms with van der Waals surface area (Å²) in [6.45, 7) is 0. The van der Waals surface area contributed by atoms with Crippen LogP contribution in [0.2, 0.25) is 0 Å². The Hall–Kier alpha value is -5.23. The molecule has 4 nitrogen and oxygen atoms in total. The van der Waals surface area contributed by atoms with Gasteiger partial charge in [0.05, 0.1) is 17.6 Å². The van der Waals surface area contributed by atoms with E-state index in [0.29, 0.717) is 5.75 Å². The van der Waals surface area contributed by atoms with Gasteiger partial charge in [-0.2, -0.15) is 0 Å². The van der Waals surface area contributed by atoms with E-state index in [1.54, 1.807) is 0 Å². The zero-order valence-electron chi connectivity index (χ0n) is 29.1. The maximum atomic E-state index is 13.0. The molecule has 1 atom stereocenters. The van der Waals surface area contributed by atoms with Crippen molar-refractivity contribution in [3.63, 3.8) is 0 Å². The SMILES string of the molecule is O=C([O-])[C@H](Cc1ccc(OC(c2ccccc2)(c2ccccc2)c2ccccc2)cc1)NC(c1ccccc1)(c1ccccc1)c1ccccc1.[Na+]. The van der Waals surface area contributed by atoms with Crippen molar-refractivity contribution in [2.24, 2.45) is 0 Å². The molecule has 0 heterocycles. The van der Waals surface area contributed by atoms with Gasteiger partial charge in [-0.15, -0.1) is 0 Å². The van der Waals surface area contributed by atoms with Gasteiger partial charge >= 0.3 is 29.6 Å². The molecule has 1 N–H and O–H groups in total. The normalized spacial score (nSPS) is 11.9. The van der Waals surface area contributed by atoms with E-state index in [1.807, 2.05) is 170 Å². The van der Waals surface area contributed by atoms with Crippen LogP contribution in [0.4, 0.5) is 0 Å². The topological polar surface area (TPSA) is 61.4 Å². The van der Waals surface area contributed by atoms with Crippen LogP contribution in [0.5, 0.6) is 5.75 Å². The van der Waals surface area contributed by atoms with Gasteiger partial charge in [-0.05, 0) is 40.8 Å². The Morgan fingerprint density at radius 3 is 1.10 bits per heavy atom. The number of aliphatic carboxylic acids is 1. The zero-order chi connectivity index (χ0) is 34.9. The summed E-state index contributed by atoms with van der Waals surface area (Å²) in [6.07, 6.45) is 0.193. The van der Waals surface area contributed by atoms with Crippen LogP contribution in [-0.2, 0) is 22.4 Å². The number of hydrogen-bond acceptors (Lipinski definition) is 4. The van der Waals surface area contributed by atoms with Crippen LogP contribution in [0.1, 0.15) is 38.9 Å². The fourth-order valence-corrected chi connectivity index (χ4v) is 7.07. The maximum Gasteiger partial charge on any atom is 1.00 e. The second-order valence-corrected chi connectivity index (χ2v) is 12.6. The Morgan fingerprint density at radius 1 is 0.481 bits per heavy atom. The number of carboxylic acid groups (broad SMARTS) is 1. The number of hydrogen-bond donors (Lipinski definition) is 1. The summed E-state index contributed by atoms with van der Waals surface area (Å²) in [4.78, 5) is 13.0. The number of nitrogens with one attached hydrogen (secondary N) is 1. The molecule has 0 unspecified atom stereocenters. The van der Waals surface area contributed by atoms with Crippen molar-refractivity contribution in [1.29, 1.82) is 0 Å². The van der Waals surface area contributed by atoms with Gasteiger partial charge in [0.2, 0.25) is 0 Å². The van der Waals surface area contributed by atoms with Gasteiger partial charge in [0.25, 0.3) is 0 Å². The third-order valence-corrected chi connectivity index (χ3v) is 9.47. The molecule has 0 saturated carbocycles. The molecule has 0 aliphatic rings. The number of carbonyl (C=O) groups is 1. The van der Waals surface area contributed by atoms with Gasteiger partial charge < -0.3 is 14.6 Å². The Kier molecular flexibility index (Phi) is 11.9. The summed E-state index contributed by atoms with van der Waals surface area (Å²) in [6, 6.07) is 67.3. The summed E-state index contributed by atoms with van der Waals surface area (Å²) in [5.41, 5.74) is 4.70. The molecule has 52 heavy (non-hydrogen) atoms. The number of carboxylic acids is 1. The van der Waals surface area contributed by atoms with E-state index in [9.17, 15) is 9.90 Å². The van der Waals surface area contributed by atoms with E-state index in [1.165, 1.54) is 0 Å². The largest absolute Gasteiger partial charge is 1.00 e. The van der Waals surface area contributed by atoms with Crippen LogP contribution < -0.4 is 44.7 Å². The van der Waals surface area contributed by atoms with E-state index in [0.717, 1.165) is 38.9 Å². The monoisotopic (exact) mass is 687 g/mol.